The lowest BCUT2D eigenvalue weighted by molar-refractivity contribution is 0.102. The maximum Gasteiger partial charge on any atom is 0.257 e. The number of nitrogens with one attached hydrogen (secondary N) is 2. The van der Waals surface area contributed by atoms with E-state index in [1.54, 1.807) is 18.5 Å². The number of nitrogens with zero attached hydrogens (tertiary/aromatic N) is 2. The number of hydrogen-bond donors (Lipinski definition) is 2. The van der Waals surface area contributed by atoms with Crippen molar-refractivity contribution in [1.82, 2.24) is 9.97 Å². The predicted molar refractivity (Wildman–Crippen MR) is 112 cm³/mol. The molecule has 0 atom stereocenters. The van der Waals surface area contributed by atoms with Crippen molar-refractivity contribution in [3.63, 3.8) is 0 Å². The quantitative estimate of drug-likeness (QED) is 0.531. The Bertz CT molecular complexity index is 1120. The summed E-state index contributed by atoms with van der Waals surface area (Å²) >= 11 is 0. The zero-order valence-electron chi connectivity index (χ0n) is 15.5. The van der Waals surface area contributed by atoms with E-state index >= 15 is 0 Å². The molecule has 0 saturated heterocycles. The van der Waals surface area contributed by atoms with E-state index in [0.29, 0.717) is 17.8 Å². The highest BCUT2D eigenvalue weighted by Crippen LogP contribution is 2.21. The van der Waals surface area contributed by atoms with Gasteiger partial charge in [0.1, 0.15) is 5.82 Å². The van der Waals surface area contributed by atoms with Crippen LogP contribution in [0.15, 0.2) is 79.1 Å². The number of carbonyl (C=O) groups excluding carboxylic acids is 1. The highest BCUT2D eigenvalue weighted by atomic mass is 16.1. The lowest BCUT2D eigenvalue weighted by Gasteiger charge is -2.10. The molecule has 0 bridgehead atoms. The number of para-hydroxylation sites is 1. The summed E-state index contributed by atoms with van der Waals surface area (Å²) in [5.74, 6) is 0.516. The van der Waals surface area contributed by atoms with Crippen molar-refractivity contribution < 1.29 is 4.79 Å². The average Bonchev–Trinajstić information content (AvgIpc) is 2.74. The summed E-state index contributed by atoms with van der Waals surface area (Å²) < 4.78 is 0. The fraction of sp³-hybridized carbons (Fsp3) is 0.0870. The van der Waals surface area contributed by atoms with Crippen LogP contribution in [0, 0.1) is 6.92 Å². The fourth-order valence-electron chi connectivity index (χ4n) is 3.03. The summed E-state index contributed by atoms with van der Waals surface area (Å²) in [6.07, 6.45) is 3.29. The predicted octanol–water partition coefficient (Wildman–Crippen LogP) is 4.80. The first-order chi connectivity index (χ1) is 13.7. The first-order valence-corrected chi connectivity index (χ1v) is 9.10. The average molecular weight is 368 g/mol. The molecule has 0 fully saturated rings. The smallest absolute Gasteiger partial charge is 0.257 e. The van der Waals surface area contributed by atoms with Crippen molar-refractivity contribution in [1.29, 1.82) is 0 Å². The fourth-order valence-corrected chi connectivity index (χ4v) is 3.03. The molecule has 2 N–H and O–H groups in total. The van der Waals surface area contributed by atoms with Crippen molar-refractivity contribution in [2.75, 3.05) is 10.6 Å². The van der Waals surface area contributed by atoms with Crippen LogP contribution in [0.25, 0.3) is 10.9 Å². The van der Waals surface area contributed by atoms with Gasteiger partial charge in [-0.1, -0.05) is 42.5 Å². The Morgan fingerprint density at radius 3 is 2.61 bits per heavy atom. The Labute approximate surface area is 163 Å². The van der Waals surface area contributed by atoms with Gasteiger partial charge in [0.15, 0.2) is 0 Å². The number of aryl methyl sites for hydroxylation is 1. The number of anilines is 2. The molecule has 0 unspecified atom stereocenters. The molecule has 0 aliphatic carbocycles. The van der Waals surface area contributed by atoms with Gasteiger partial charge in [0.2, 0.25) is 0 Å². The number of hydrogen-bond acceptors (Lipinski definition) is 4. The minimum Gasteiger partial charge on any atom is -0.366 e. The van der Waals surface area contributed by atoms with E-state index in [1.165, 1.54) is 11.1 Å². The van der Waals surface area contributed by atoms with E-state index < -0.39 is 0 Å². The minimum atomic E-state index is -0.212. The Kier molecular flexibility index (Phi) is 4.97. The first kappa shape index (κ1) is 17.7. The Morgan fingerprint density at radius 1 is 0.929 bits per heavy atom. The van der Waals surface area contributed by atoms with Gasteiger partial charge in [-0.05, 0) is 42.3 Å². The number of carbonyl (C=O) groups is 1. The van der Waals surface area contributed by atoms with Gasteiger partial charge >= 0.3 is 0 Å². The van der Waals surface area contributed by atoms with E-state index in [2.05, 4.69) is 39.7 Å². The molecule has 0 aliphatic rings. The molecule has 2 aromatic carbocycles. The summed E-state index contributed by atoms with van der Waals surface area (Å²) in [7, 11) is 0. The van der Waals surface area contributed by atoms with Crippen LogP contribution in [0.5, 0.6) is 0 Å². The van der Waals surface area contributed by atoms with Crippen LogP contribution < -0.4 is 10.6 Å². The highest BCUT2D eigenvalue weighted by molar-refractivity contribution is 6.08. The van der Waals surface area contributed by atoms with Crippen LogP contribution in [0.3, 0.4) is 0 Å². The Morgan fingerprint density at radius 2 is 1.79 bits per heavy atom. The zero-order valence-corrected chi connectivity index (χ0v) is 15.5. The SMILES string of the molecule is Cc1ccccc1CNc1ccc(C(=O)Nc2cccc3cccnc23)cn1. The highest BCUT2D eigenvalue weighted by Gasteiger charge is 2.09. The molecule has 28 heavy (non-hydrogen) atoms. The lowest BCUT2D eigenvalue weighted by Crippen LogP contribution is -2.13. The van der Waals surface area contributed by atoms with Gasteiger partial charge in [0.25, 0.3) is 5.91 Å². The van der Waals surface area contributed by atoms with E-state index in [1.807, 2.05) is 48.5 Å². The second-order valence-corrected chi connectivity index (χ2v) is 6.55. The molecule has 1 amide bonds. The molecular formula is C23H20N4O. The van der Waals surface area contributed by atoms with Crippen LogP contribution in [-0.4, -0.2) is 15.9 Å². The lowest BCUT2D eigenvalue weighted by atomic mass is 10.1. The number of pyridine rings is 2. The summed E-state index contributed by atoms with van der Waals surface area (Å²) in [4.78, 5) is 21.3. The zero-order chi connectivity index (χ0) is 19.3. The van der Waals surface area contributed by atoms with Crippen molar-refractivity contribution in [3.05, 3.63) is 95.8 Å². The molecule has 5 nitrogen and oxygen atoms in total. The monoisotopic (exact) mass is 368 g/mol. The van der Waals surface area contributed by atoms with Gasteiger partial charge < -0.3 is 10.6 Å². The van der Waals surface area contributed by atoms with E-state index in [-0.39, 0.29) is 5.91 Å². The van der Waals surface area contributed by atoms with Crippen LogP contribution >= 0.6 is 0 Å². The third-order valence-electron chi connectivity index (χ3n) is 4.63. The second kappa shape index (κ2) is 7.88. The van der Waals surface area contributed by atoms with Crippen LogP contribution in [-0.2, 0) is 6.54 Å². The van der Waals surface area contributed by atoms with Gasteiger partial charge in [0.05, 0.1) is 16.8 Å². The maximum atomic E-state index is 12.6. The number of fused-ring (bicyclic) bond motifs is 1. The maximum absolute atomic E-state index is 12.6. The van der Waals surface area contributed by atoms with Crippen molar-refractivity contribution >= 4 is 28.3 Å². The van der Waals surface area contributed by atoms with Crippen LogP contribution in [0.1, 0.15) is 21.5 Å². The molecule has 0 aliphatic heterocycles. The summed E-state index contributed by atoms with van der Waals surface area (Å²) in [5.41, 5.74) is 4.39. The van der Waals surface area contributed by atoms with Gasteiger partial charge in [-0.2, -0.15) is 0 Å². The summed E-state index contributed by atoms with van der Waals surface area (Å²) in [5, 5.41) is 7.19. The van der Waals surface area contributed by atoms with Gasteiger partial charge in [-0.3, -0.25) is 9.78 Å². The second-order valence-electron chi connectivity index (χ2n) is 6.55. The summed E-state index contributed by atoms with van der Waals surface area (Å²) in [6, 6.07) is 21.3. The van der Waals surface area contributed by atoms with Gasteiger partial charge in [-0.15, -0.1) is 0 Å². The molecule has 5 heteroatoms. The number of aromatic nitrogens is 2. The standard InChI is InChI=1S/C23H20N4O/c1-16-6-2-3-7-18(16)14-25-21-12-11-19(15-26-21)23(28)27-20-10-4-8-17-9-5-13-24-22(17)20/h2-13,15H,14H2,1H3,(H,25,26)(H,27,28). The normalized spacial score (nSPS) is 10.6. The van der Waals surface area contributed by atoms with Gasteiger partial charge in [0, 0.05) is 24.3 Å². The molecule has 2 heterocycles. The third-order valence-corrected chi connectivity index (χ3v) is 4.63. The van der Waals surface area contributed by atoms with Crippen LogP contribution in [0.2, 0.25) is 0 Å². The van der Waals surface area contributed by atoms with Crippen molar-refractivity contribution in [3.8, 4) is 0 Å². The molecule has 2 aromatic heterocycles. The molecule has 4 rings (SSSR count). The molecule has 0 radical (unpaired) electrons. The van der Waals surface area contributed by atoms with Gasteiger partial charge in [-0.25, -0.2) is 4.98 Å². The minimum absolute atomic E-state index is 0.212. The number of benzene rings is 2. The molecule has 4 aromatic rings. The Hall–Kier alpha value is -3.73. The van der Waals surface area contributed by atoms with Crippen LogP contribution in [0.4, 0.5) is 11.5 Å². The number of amides is 1. The third kappa shape index (κ3) is 3.83. The van der Waals surface area contributed by atoms with E-state index in [4.69, 9.17) is 0 Å². The molecular weight excluding hydrogens is 348 g/mol. The first-order valence-electron chi connectivity index (χ1n) is 9.10. The largest absolute Gasteiger partial charge is 0.366 e. The molecule has 138 valence electrons. The number of rotatable bonds is 5. The topological polar surface area (TPSA) is 66.9 Å². The van der Waals surface area contributed by atoms with Crippen molar-refractivity contribution in [2.24, 2.45) is 0 Å². The van der Waals surface area contributed by atoms with Crippen molar-refractivity contribution in [2.45, 2.75) is 13.5 Å². The molecule has 0 spiro atoms. The molecule has 0 saturated carbocycles. The summed E-state index contributed by atoms with van der Waals surface area (Å²) in [6.45, 7) is 2.77. The van der Waals surface area contributed by atoms with E-state index in [0.717, 1.165) is 16.7 Å². The Balaban J connectivity index is 1.44. The van der Waals surface area contributed by atoms with E-state index in [9.17, 15) is 4.79 Å².